The van der Waals surface area contributed by atoms with Crippen molar-refractivity contribution in [2.75, 3.05) is 0 Å². The van der Waals surface area contributed by atoms with Crippen LogP contribution >= 0.6 is 11.5 Å². The Bertz CT molecular complexity index is 566. The smallest absolute Gasteiger partial charge is 0.327 e. The van der Waals surface area contributed by atoms with Crippen molar-refractivity contribution >= 4 is 29.7 Å². The molecule has 1 heterocycles. The first-order chi connectivity index (χ1) is 10.1. The highest BCUT2D eigenvalue weighted by Gasteiger charge is 2.32. The minimum atomic E-state index is -1.04. The summed E-state index contributed by atoms with van der Waals surface area (Å²) in [5.41, 5.74) is 0.716. The number of aldehydes is 1. The molecule has 1 aromatic rings. The van der Waals surface area contributed by atoms with Crippen molar-refractivity contribution in [2.45, 2.75) is 37.6 Å². The molecule has 0 spiro atoms. The zero-order valence-electron chi connectivity index (χ0n) is 11.2. The van der Waals surface area contributed by atoms with Crippen LogP contribution in [0.1, 0.15) is 47.0 Å². The van der Waals surface area contributed by atoms with Gasteiger partial charge in [-0.1, -0.05) is 10.6 Å². The summed E-state index contributed by atoms with van der Waals surface area (Å²) in [6, 6.07) is -0.648. The molecule has 1 aliphatic carbocycles. The maximum Gasteiger partial charge on any atom is 0.327 e. The maximum atomic E-state index is 12.1. The lowest BCUT2D eigenvalue weighted by Gasteiger charge is -2.10. The van der Waals surface area contributed by atoms with Gasteiger partial charge in [0.2, 0.25) is 0 Å². The molecular formula is C13H15N3O4S. The number of nitrogens with one attached hydrogen (secondary N) is 1. The van der Waals surface area contributed by atoms with E-state index in [0.717, 1.165) is 30.5 Å². The molecule has 2 N–H and O–H groups in total. The summed E-state index contributed by atoms with van der Waals surface area (Å²) in [6.07, 6.45) is 5.90. The van der Waals surface area contributed by atoms with Crippen LogP contribution < -0.4 is 5.32 Å². The van der Waals surface area contributed by atoms with Crippen molar-refractivity contribution in [2.24, 2.45) is 0 Å². The van der Waals surface area contributed by atoms with Crippen molar-refractivity contribution in [3.8, 4) is 0 Å². The van der Waals surface area contributed by atoms with E-state index in [9.17, 15) is 14.4 Å². The Morgan fingerprint density at radius 1 is 1.48 bits per heavy atom. The van der Waals surface area contributed by atoms with Gasteiger partial charge in [0.1, 0.15) is 11.2 Å². The predicted molar refractivity (Wildman–Crippen MR) is 75.2 cm³/mol. The van der Waals surface area contributed by atoms with E-state index in [-0.39, 0.29) is 5.91 Å². The molecule has 0 aromatic carbocycles. The molecule has 0 saturated heterocycles. The lowest BCUT2D eigenvalue weighted by atomic mass is 10.1. The topological polar surface area (TPSA) is 109 Å². The first-order valence-corrected chi connectivity index (χ1v) is 7.37. The zero-order chi connectivity index (χ0) is 15.2. The molecule has 1 amide bonds. The fraction of sp³-hybridized carbons (Fsp3) is 0.462. The van der Waals surface area contributed by atoms with Gasteiger partial charge < -0.3 is 15.2 Å². The van der Waals surface area contributed by atoms with Gasteiger partial charge in [-0.2, -0.15) is 0 Å². The van der Waals surface area contributed by atoms with E-state index >= 15 is 0 Å². The Morgan fingerprint density at radius 3 is 2.86 bits per heavy atom. The number of carboxylic acids is 1. The van der Waals surface area contributed by atoms with Crippen LogP contribution in [0.2, 0.25) is 0 Å². The molecule has 112 valence electrons. The second-order valence-electron chi connectivity index (χ2n) is 4.80. The van der Waals surface area contributed by atoms with Crippen LogP contribution in [0.4, 0.5) is 0 Å². The number of nitrogens with zero attached hydrogens (tertiary/aromatic N) is 2. The normalized spacial score (nSPS) is 15.8. The molecule has 1 fully saturated rings. The Balaban J connectivity index is 1.88. The highest BCUT2D eigenvalue weighted by Crippen LogP contribution is 2.41. The predicted octanol–water partition coefficient (Wildman–Crippen LogP) is 1.13. The molecule has 1 aromatic heterocycles. The van der Waals surface area contributed by atoms with Crippen LogP contribution in [0.15, 0.2) is 12.2 Å². The van der Waals surface area contributed by atoms with Gasteiger partial charge >= 0.3 is 5.97 Å². The summed E-state index contributed by atoms with van der Waals surface area (Å²) in [6.45, 7) is 0. The Morgan fingerprint density at radius 2 is 2.24 bits per heavy atom. The molecular weight excluding hydrogens is 294 g/mol. The summed E-state index contributed by atoms with van der Waals surface area (Å²) >= 11 is 1.03. The number of carbonyl (C=O) groups is 3. The third-order valence-electron chi connectivity index (χ3n) is 3.07. The van der Waals surface area contributed by atoms with Crippen LogP contribution in [0.5, 0.6) is 0 Å². The van der Waals surface area contributed by atoms with E-state index in [0.29, 0.717) is 35.6 Å². The van der Waals surface area contributed by atoms with E-state index in [4.69, 9.17) is 5.11 Å². The molecule has 0 aliphatic heterocycles. The molecule has 1 atom stereocenters. The van der Waals surface area contributed by atoms with E-state index in [1.807, 2.05) is 0 Å². The molecule has 2 rings (SSSR count). The number of aliphatic carboxylic acids is 1. The summed E-state index contributed by atoms with van der Waals surface area (Å²) in [5, 5.41) is 15.0. The molecule has 0 radical (unpaired) electrons. The Kier molecular flexibility index (Phi) is 5.15. The van der Waals surface area contributed by atoms with Crippen LogP contribution in [0.3, 0.4) is 0 Å². The largest absolute Gasteiger partial charge is 0.478 e. The number of carboxylic acid groups (broad SMARTS) is 1. The van der Waals surface area contributed by atoms with Gasteiger partial charge in [-0.05, 0) is 37.2 Å². The van der Waals surface area contributed by atoms with Crippen molar-refractivity contribution in [3.05, 3.63) is 22.7 Å². The quantitative estimate of drug-likeness (QED) is 0.550. The number of aromatic nitrogens is 2. The molecule has 1 unspecified atom stereocenters. The number of hydrogen-bond acceptors (Lipinski definition) is 6. The molecule has 1 aliphatic rings. The fourth-order valence-electron chi connectivity index (χ4n) is 1.85. The molecule has 8 heteroatoms. The van der Waals surface area contributed by atoms with Crippen molar-refractivity contribution in [1.29, 1.82) is 0 Å². The lowest BCUT2D eigenvalue weighted by molar-refractivity contribution is -0.131. The first-order valence-electron chi connectivity index (χ1n) is 6.59. The Hall–Kier alpha value is -2.09. The van der Waals surface area contributed by atoms with Gasteiger partial charge in [0.25, 0.3) is 5.91 Å². The number of allylic oxidation sites excluding steroid dienone is 1. The third-order valence-corrected chi connectivity index (χ3v) is 3.81. The minimum absolute atomic E-state index is 0.317. The number of rotatable bonds is 8. The standard InChI is InChI=1S/C13H15N3O4S/c17-7-9(3-1-2-4-10(18)19)14-13(20)12-11(8-5-6-8)15-16-21-12/h2,4,7-9H,1,3,5-6H2,(H,14,20)(H,18,19). The Labute approximate surface area is 125 Å². The second kappa shape index (κ2) is 7.07. The maximum absolute atomic E-state index is 12.1. The molecule has 21 heavy (non-hydrogen) atoms. The molecule has 1 saturated carbocycles. The number of amides is 1. The molecule has 7 nitrogen and oxygen atoms in total. The zero-order valence-corrected chi connectivity index (χ0v) is 12.0. The van der Waals surface area contributed by atoms with Crippen molar-refractivity contribution in [1.82, 2.24) is 14.9 Å². The number of hydrogen-bond donors (Lipinski definition) is 2. The summed E-state index contributed by atoms with van der Waals surface area (Å²) in [4.78, 5) is 33.9. The van der Waals surface area contributed by atoms with Gasteiger partial charge in [-0.3, -0.25) is 4.79 Å². The van der Waals surface area contributed by atoms with E-state index < -0.39 is 12.0 Å². The summed E-state index contributed by atoms with van der Waals surface area (Å²) in [7, 11) is 0. The summed E-state index contributed by atoms with van der Waals surface area (Å²) in [5.74, 6) is -1.06. The van der Waals surface area contributed by atoms with Crippen LogP contribution in [-0.2, 0) is 9.59 Å². The number of carbonyl (C=O) groups excluding carboxylic acids is 2. The van der Waals surface area contributed by atoms with Gasteiger partial charge in [0, 0.05) is 12.0 Å². The first kappa shape index (κ1) is 15.3. The van der Waals surface area contributed by atoms with Gasteiger partial charge in [0.05, 0.1) is 11.7 Å². The van der Waals surface area contributed by atoms with Crippen LogP contribution in [0.25, 0.3) is 0 Å². The minimum Gasteiger partial charge on any atom is -0.478 e. The highest BCUT2D eigenvalue weighted by atomic mass is 32.1. The third kappa shape index (κ3) is 4.45. The SMILES string of the molecule is O=CC(CCC=CC(=O)O)NC(=O)c1snnc1C1CC1. The van der Waals surface area contributed by atoms with Gasteiger partial charge in [0.15, 0.2) is 0 Å². The highest BCUT2D eigenvalue weighted by molar-refractivity contribution is 7.08. The van der Waals surface area contributed by atoms with E-state index in [1.54, 1.807) is 0 Å². The van der Waals surface area contributed by atoms with Crippen molar-refractivity contribution in [3.63, 3.8) is 0 Å². The van der Waals surface area contributed by atoms with Gasteiger partial charge in [-0.25, -0.2) is 4.79 Å². The van der Waals surface area contributed by atoms with Gasteiger partial charge in [-0.15, -0.1) is 5.10 Å². The monoisotopic (exact) mass is 309 g/mol. The van der Waals surface area contributed by atoms with Crippen LogP contribution in [-0.4, -0.2) is 38.9 Å². The molecule has 0 bridgehead atoms. The van der Waals surface area contributed by atoms with E-state index in [2.05, 4.69) is 14.9 Å². The van der Waals surface area contributed by atoms with Crippen molar-refractivity contribution < 1.29 is 19.5 Å². The summed E-state index contributed by atoms with van der Waals surface area (Å²) < 4.78 is 3.80. The van der Waals surface area contributed by atoms with E-state index in [1.165, 1.54) is 6.08 Å². The average molecular weight is 309 g/mol. The second-order valence-corrected chi connectivity index (χ2v) is 5.55. The lowest BCUT2D eigenvalue weighted by Crippen LogP contribution is -2.35. The average Bonchev–Trinajstić information content (AvgIpc) is 3.18. The van der Waals surface area contributed by atoms with Crippen LogP contribution in [0, 0.1) is 0 Å². The fourth-order valence-corrected chi connectivity index (χ4v) is 2.50.